The van der Waals surface area contributed by atoms with E-state index in [9.17, 15) is 4.79 Å². The van der Waals surface area contributed by atoms with E-state index in [1.165, 1.54) is 6.42 Å². The molecule has 120 valence electrons. The zero-order valence-corrected chi connectivity index (χ0v) is 13.8. The van der Waals surface area contributed by atoms with Gasteiger partial charge >= 0.3 is 0 Å². The third kappa shape index (κ3) is 3.50. The Morgan fingerprint density at radius 2 is 2.14 bits per heavy atom. The number of hydrogen-bond donors (Lipinski definition) is 0. The molecule has 1 aliphatic carbocycles. The van der Waals surface area contributed by atoms with Crippen LogP contribution in [0.15, 0.2) is 18.2 Å². The molecule has 0 bridgehead atoms. The number of nitrogens with zero attached hydrogens (tertiary/aromatic N) is 1. The summed E-state index contributed by atoms with van der Waals surface area (Å²) >= 11 is 11.9. The van der Waals surface area contributed by atoms with Crippen molar-refractivity contribution in [3.05, 3.63) is 28.2 Å². The van der Waals surface area contributed by atoms with E-state index < -0.39 is 0 Å². The second kappa shape index (κ2) is 7.07. The Morgan fingerprint density at radius 3 is 2.95 bits per heavy atom. The molecule has 1 amide bonds. The Morgan fingerprint density at radius 1 is 1.32 bits per heavy atom. The molecule has 0 spiro atoms. The Bertz CT molecular complexity index is 550. The summed E-state index contributed by atoms with van der Waals surface area (Å²) in [6.45, 7) is 1.23. The third-order valence-corrected chi connectivity index (χ3v) is 4.83. The van der Waals surface area contributed by atoms with Crippen molar-refractivity contribution in [2.24, 2.45) is 0 Å². The van der Waals surface area contributed by atoms with E-state index >= 15 is 0 Å². The van der Waals surface area contributed by atoms with Gasteiger partial charge in [0.1, 0.15) is 5.75 Å². The van der Waals surface area contributed by atoms with E-state index in [4.69, 9.17) is 32.7 Å². The van der Waals surface area contributed by atoms with Crippen molar-refractivity contribution in [1.29, 1.82) is 0 Å². The molecule has 4 nitrogen and oxygen atoms in total. The van der Waals surface area contributed by atoms with Gasteiger partial charge in [0.05, 0.1) is 23.8 Å². The first kappa shape index (κ1) is 15.9. The first-order chi connectivity index (χ1) is 10.6. The van der Waals surface area contributed by atoms with Gasteiger partial charge in [0.25, 0.3) is 5.91 Å². The number of benzene rings is 1. The highest BCUT2D eigenvalue weighted by Gasteiger charge is 2.36. The van der Waals surface area contributed by atoms with Crippen LogP contribution in [-0.4, -0.2) is 42.7 Å². The Labute approximate surface area is 140 Å². The van der Waals surface area contributed by atoms with Crippen molar-refractivity contribution >= 4 is 29.1 Å². The summed E-state index contributed by atoms with van der Waals surface area (Å²) in [5, 5.41) is 0.958. The van der Waals surface area contributed by atoms with Gasteiger partial charge in [-0.05, 0) is 31.0 Å². The lowest BCUT2D eigenvalue weighted by Crippen LogP contribution is -2.55. The molecule has 1 aliphatic heterocycles. The van der Waals surface area contributed by atoms with Crippen LogP contribution in [0.4, 0.5) is 0 Å². The largest absolute Gasteiger partial charge is 0.482 e. The molecule has 1 saturated carbocycles. The van der Waals surface area contributed by atoms with Gasteiger partial charge in [-0.1, -0.05) is 36.0 Å². The van der Waals surface area contributed by atoms with Crippen molar-refractivity contribution in [1.82, 2.24) is 4.90 Å². The molecular formula is C16H19Cl2NO3. The lowest BCUT2D eigenvalue weighted by atomic mass is 9.90. The second-order valence-electron chi connectivity index (χ2n) is 5.71. The number of amides is 1. The summed E-state index contributed by atoms with van der Waals surface area (Å²) in [7, 11) is 0. The molecule has 6 heteroatoms. The number of ether oxygens (including phenoxy) is 2. The van der Waals surface area contributed by atoms with Gasteiger partial charge in [0.2, 0.25) is 0 Å². The molecule has 22 heavy (non-hydrogen) atoms. The summed E-state index contributed by atoms with van der Waals surface area (Å²) in [6, 6.07) is 5.17. The molecule has 0 radical (unpaired) electrons. The van der Waals surface area contributed by atoms with Crippen molar-refractivity contribution in [3.63, 3.8) is 0 Å². The van der Waals surface area contributed by atoms with Crippen LogP contribution in [0.3, 0.4) is 0 Å². The van der Waals surface area contributed by atoms with Crippen LogP contribution in [0, 0.1) is 0 Å². The average Bonchev–Trinajstić information content (AvgIpc) is 2.53. The van der Waals surface area contributed by atoms with Gasteiger partial charge in [0, 0.05) is 11.6 Å². The minimum atomic E-state index is -0.00935. The first-order valence-electron chi connectivity index (χ1n) is 7.64. The predicted molar refractivity (Wildman–Crippen MR) is 85.7 cm³/mol. The molecule has 3 rings (SSSR count). The summed E-state index contributed by atoms with van der Waals surface area (Å²) in [4.78, 5) is 14.4. The normalized spacial score (nSPS) is 24.7. The number of hydrogen-bond acceptors (Lipinski definition) is 3. The van der Waals surface area contributed by atoms with Gasteiger partial charge in [-0.3, -0.25) is 4.79 Å². The Balaban J connectivity index is 1.61. The fourth-order valence-corrected chi connectivity index (χ4v) is 3.68. The number of fused-ring (bicyclic) bond motifs is 1. The van der Waals surface area contributed by atoms with Crippen LogP contribution in [0.1, 0.15) is 25.7 Å². The number of carbonyl (C=O) groups excluding carboxylic acids is 1. The van der Waals surface area contributed by atoms with E-state index in [1.807, 2.05) is 4.90 Å². The van der Waals surface area contributed by atoms with Crippen molar-refractivity contribution in [2.75, 3.05) is 19.8 Å². The molecule has 2 aliphatic rings. The molecule has 1 saturated heterocycles. The lowest BCUT2D eigenvalue weighted by molar-refractivity contribution is -0.151. The highest BCUT2D eigenvalue weighted by molar-refractivity contribution is 6.35. The van der Waals surface area contributed by atoms with Gasteiger partial charge in [-0.25, -0.2) is 0 Å². The summed E-state index contributed by atoms with van der Waals surface area (Å²) in [6.07, 6.45) is 4.57. The maximum Gasteiger partial charge on any atom is 0.260 e. The molecular weight excluding hydrogens is 325 g/mol. The van der Waals surface area contributed by atoms with Gasteiger partial charge in [-0.15, -0.1) is 0 Å². The van der Waals surface area contributed by atoms with Crippen LogP contribution in [-0.2, 0) is 9.53 Å². The Hall–Kier alpha value is -0.970. The third-order valence-electron chi connectivity index (χ3n) is 4.30. The first-order valence-corrected chi connectivity index (χ1v) is 8.39. The average molecular weight is 344 g/mol. The van der Waals surface area contributed by atoms with E-state index in [-0.39, 0.29) is 24.7 Å². The molecule has 1 heterocycles. The topological polar surface area (TPSA) is 38.8 Å². The number of carbonyl (C=O) groups is 1. The Kier molecular flexibility index (Phi) is 5.11. The predicted octanol–water partition coefficient (Wildman–Crippen LogP) is 3.54. The van der Waals surface area contributed by atoms with E-state index in [1.54, 1.807) is 18.2 Å². The van der Waals surface area contributed by atoms with Crippen LogP contribution in [0.25, 0.3) is 0 Å². The lowest BCUT2D eigenvalue weighted by Gasteiger charge is -2.43. The van der Waals surface area contributed by atoms with Crippen molar-refractivity contribution in [3.8, 4) is 5.75 Å². The summed E-state index contributed by atoms with van der Waals surface area (Å²) in [5.41, 5.74) is 0. The number of rotatable bonds is 3. The molecule has 1 aromatic carbocycles. The SMILES string of the molecule is O=C(COc1ccc(Cl)cc1Cl)N1CCOC2CCCCC21. The summed E-state index contributed by atoms with van der Waals surface area (Å²) in [5.74, 6) is 0.471. The highest BCUT2D eigenvalue weighted by atomic mass is 35.5. The maximum absolute atomic E-state index is 12.5. The maximum atomic E-state index is 12.5. The fourth-order valence-electron chi connectivity index (χ4n) is 3.22. The molecule has 2 unspecified atom stereocenters. The quantitative estimate of drug-likeness (QED) is 0.842. The van der Waals surface area contributed by atoms with Gasteiger partial charge < -0.3 is 14.4 Å². The molecule has 2 atom stereocenters. The zero-order valence-electron chi connectivity index (χ0n) is 12.3. The molecule has 2 fully saturated rings. The van der Waals surface area contributed by atoms with Crippen LogP contribution in [0.5, 0.6) is 5.75 Å². The van der Waals surface area contributed by atoms with Crippen LogP contribution in [0.2, 0.25) is 10.0 Å². The molecule has 1 aromatic rings. The number of morpholine rings is 1. The molecule has 0 aromatic heterocycles. The van der Waals surface area contributed by atoms with E-state index in [0.29, 0.717) is 28.9 Å². The van der Waals surface area contributed by atoms with Crippen molar-refractivity contribution < 1.29 is 14.3 Å². The van der Waals surface area contributed by atoms with Gasteiger partial charge in [0.15, 0.2) is 6.61 Å². The monoisotopic (exact) mass is 343 g/mol. The van der Waals surface area contributed by atoms with Crippen molar-refractivity contribution in [2.45, 2.75) is 37.8 Å². The minimum Gasteiger partial charge on any atom is -0.482 e. The van der Waals surface area contributed by atoms with Crippen LogP contribution < -0.4 is 4.74 Å². The van der Waals surface area contributed by atoms with E-state index in [2.05, 4.69) is 0 Å². The second-order valence-corrected chi connectivity index (χ2v) is 6.56. The van der Waals surface area contributed by atoms with Gasteiger partial charge in [-0.2, -0.15) is 0 Å². The van der Waals surface area contributed by atoms with E-state index in [0.717, 1.165) is 19.3 Å². The van der Waals surface area contributed by atoms with Crippen LogP contribution >= 0.6 is 23.2 Å². The highest BCUT2D eigenvalue weighted by Crippen LogP contribution is 2.30. The number of halogens is 2. The zero-order chi connectivity index (χ0) is 15.5. The summed E-state index contributed by atoms with van der Waals surface area (Å²) < 4.78 is 11.4. The molecule has 0 N–H and O–H groups in total. The standard InChI is InChI=1S/C16H19Cl2NO3/c17-11-5-6-14(12(18)9-11)22-10-16(20)19-7-8-21-15-4-2-1-3-13(15)19/h5-6,9,13,15H,1-4,7-8,10H2. The fraction of sp³-hybridized carbons (Fsp3) is 0.562. The smallest absolute Gasteiger partial charge is 0.260 e. The minimum absolute atomic E-state index is 0.00813.